The summed E-state index contributed by atoms with van der Waals surface area (Å²) in [5.41, 5.74) is 6.46. The first-order chi connectivity index (χ1) is 11.7. The van der Waals surface area contributed by atoms with Gasteiger partial charge >= 0.3 is 0 Å². The standard InChI is InChI=1S/C18H29N3O3S.ClH/c1-18(2,3)15-6-8-16(9-7-15)25(23,24)21-12-4-5-14(13-21)17(22)20-11-10-19;/h6-9,14H,4-5,10-13,19H2,1-3H3,(H,20,22);1H. The van der Waals surface area contributed by atoms with Crippen LogP contribution in [0.15, 0.2) is 29.2 Å². The molecule has 0 radical (unpaired) electrons. The number of hydrogen-bond acceptors (Lipinski definition) is 4. The summed E-state index contributed by atoms with van der Waals surface area (Å²) in [6, 6.07) is 7.05. The molecule has 1 heterocycles. The van der Waals surface area contributed by atoms with Gasteiger partial charge in [-0.2, -0.15) is 4.31 Å². The molecule has 1 aromatic carbocycles. The summed E-state index contributed by atoms with van der Waals surface area (Å²) in [6.07, 6.45) is 1.38. The van der Waals surface area contributed by atoms with Crippen molar-refractivity contribution in [3.8, 4) is 0 Å². The van der Waals surface area contributed by atoms with Crippen LogP contribution in [0.4, 0.5) is 0 Å². The van der Waals surface area contributed by atoms with Gasteiger partial charge in [0.25, 0.3) is 0 Å². The molecule has 1 saturated heterocycles. The number of piperidine rings is 1. The second-order valence-corrected chi connectivity index (χ2v) is 9.49. The molecule has 1 atom stereocenters. The van der Waals surface area contributed by atoms with E-state index in [9.17, 15) is 13.2 Å². The van der Waals surface area contributed by atoms with Crippen molar-refractivity contribution in [3.63, 3.8) is 0 Å². The lowest BCUT2D eigenvalue weighted by atomic mass is 9.87. The predicted molar refractivity (Wildman–Crippen MR) is 106 cm³/mol. The zero-order chi connectivity index (χ0) is 18.7. The number of amides is 1. The molecule has 1 fully saturated rings. The van der Waals surface area contributed by atoms with Crippen molar-refractivity contribution in [3.05, 3.63) is 29.8 Å². The van der Waals surface area contributed by atoms with Gasteiger partial charge in [0.15, 0.2) is 0 Å². The molecule has 0 aliphatic carbocycles. The van der Waals surface area contributed by atoms with Crippen LogP contribution in [-0.4, -0.2) is 44.8 Å². The SMILES string of the molecule is CC(C)(C)c1ccc(S(=O)(=O)N2CCCC(C(=O)NCCN)C2)cc1.Cl. The number of nitrogens with two attached hydrogens (primary N) is 1. The first-order valence-electron chi connectivity index (χ1n) is 8.74. The minimum atomic E-state index is -3.58. The Bertz CT molecular complexity index is 699. The maximum absolute atomic E-state index is 12.9. The molecule has 0 aromatic heterocycles. The van der Waals surface area contributed by atoms with Crippen molar-refractivity contribution < 1.29 is 13.2 Å². The highest BCUT2D eigenvalue weighted by molar-refractivity contribution is 7.89. The van der Waals surface area contributed by atoms with E-state index in [4.69, 9.17) is 5.73 Å². The van der Waals surface area contributed by atoms with E-state index >= 15 is 0 Å². The number of hydrogen-bond donors (Lipinski definition) is 2. The lowest BCUT2D eigenvalue weighted by Gasteiger charge is -2.31. The van der Waals surface area contributed by atoms with Crippen molar-refractivity contribution in [1.82, 2.24) is 9.62 Å². The van der Waals surface area contributed by atoms with Gasteiger partial charge in [0.05, 0.1) is 10.8 Å². The predicted octanol–water partition coefficient (Wildman–Crippen LogP) is 1.88. The summed E-state index contributed by atoms with van der Waals surface area (Å²) < 4.78 is 27.2. The molecule has 1 aromatic rings. The molecule has 148 valence electrons. The Balaban J connectivity index is 0.00000338. The van der Waals surface area contributed by atoms with Crippen molar-refractivity contribution >= 4 is 28.3 Å². The zero-order valence-electron chi connectivity index (χ0n) is 15.7. The third-order valence-corrected chi connectivity index (χ3v) is 6.44. The molecule has 6 nitrogen and oxygen atoms in total. The van der Waals surface area contributed by atoms with E-state index in [2.05, 4.69) is 26.1 Å². The fourth-order valence-electron chi connectivity index (χ4n) is 2.99. The number of benzene rings is 1. The average Bonchev–Trinajstić information content (AvgIpc) is 2.59. The molecule has 0 bridgehead atoms. The highest BCUT2D eigenvalue weighted by Gasteiger charge is 2.33. The number of halogens is 1. The molecule has 26 heavy (non-hydrogen) atoms. The highest BCUT2D eigenvalue weighted by Crippen LogP contribution is 2.27. The smallest absolute Gasteiger partial charge is 0.243 e. The maximum atomic E-state index is 12.9. The Hall–Kier alpha value is -1.15. The zero-order valence-corrected chi connectivity index (χ0v) is 17.3. The Morgan fingerprint density at radius 3 is 2.42 bits per heavy atom. The lowest BCUT2D eigenvalue weighted by Crippen LogP contribution is -2.46. The molecule has 1 unspecified atom stereocenters. The monoisotopic (exact) mass is 403 g/mol. The second-order valence-electron chi connectivity index (χ2n) is 7.56. The van der Waals surface area contributed by atoms with Gasteiger partial charge in [0, 0.05) is 26.2 Å². The van der Waals surface area contributed by atoms with Crippen LogP contribution < -0.4 is 11.1 Å². The van der Waals surface area contributed by atoms with Gasteiger partial charge in [-0.05, 0) is 36.0 Å². The molecule has 1 amide bonds. The number of nitrogens with one attached hydrogen (secondary N) is 1. The van der Waals surface area contributed by atoms with Gasteiger partial charge in [-0.1, -0.05) is 32.9 Å². The fourth-order valence-corrected chi connectivity index (χ4v) is 4.51. The van der Waals surface area contributed by atoms with Crippen LogP contribution in [0.5, 0.6) is 0 Å². The van der Waals surface area contributed by atoms with Crippen molar-refractivity contribution in [2.75, 3.05) is 26.2 Å². The van der Waals surface area contributed by atoms with Crippen LogP contribution in [-0.2, 0) is 20.2 Å². The van der Waals surface area contributed by atoms with Gasteiger partial charge in [-0.15, -0.1) is 12.4 Å². The van der Waals surface area contributed by atoms with Crippen LogP contribution in [0.2, 0.25) is 0 Å². The van der Waals surface area contributed by atoms with Gasteiger partial charge in [0.1, 0.15) is 0 Å². The van der Waals surface area contributed by atoms with E-state index in [1.165, 1.54) is 4.31 Å². The summed E-state index contributed by atoms with van der Waals surface area (Å²) in [5.74, 6) is -0.433. The summed E-state index contributed by atoms with van der Waals surface area (Å²) in [4.78, 5) is 12.4. The Morgan fingerprint density at radius 1 is 1.27 bits per heavy atom. The molecule has 0 spiro atoms. The minimum absolute atomic E-state index is 0. The largest absolute Gasteiger partial charge is 0.355 e. The molecule has 1 aliphatic heterocycles. The Morgan fingerprint density at radius 2 is 1.88 bits per heavy atom. The number of rotatable bonds is 5. The molecular formula is C18H30ClN3O3S. The van der Waals surface area contributed by atoms with E-state index in [-0.39, 0.29) is 41.1 Å². The van der Waals surface area contributed by atoms with Crippen LogP contribution in [0, 0.1) is 5.92 Å². The van der Waals surface area contributed by atoms with Gasteiger partial charge in [-0.25, -0.2) is 8.42 Å². The first kappa shape index (κ1) is 22.9. The second kappa shape index (κ2) is 9.17. The molecule has 8 heteroatoms. The summed E-state index contributed by atoms with van der Waals surface area (Å²) in [7, 11) is -3.58. The summed E-state index contributed by atoms with van der Waals surface area (Å²) in [5, 5.41) is 2.75. The van der Waals surface area contributed by atoms with Crippen molar-refractivity contribution in [1.29, 1.82) is 0 Å². The third kappa shape index (κ3) is 5.42. The molecule has 3 N–H and O–H groups in total. The number of nitrogens with zero attached hydrogens (tertiary/aromatic N) is 1. The normalized spacial score (nSPS) is 18.8. The Kier molecular flexibility index (Phi) is 8.07. The minimum Gasteiger partial charge on any atom is -0.355 e. The summed E-state index contributed by atoms with van der Waals surface area (Å²) >= 11 is 0. The van der Waals surface area contributed by atoms with Crippen molar-refractivity contribution in [2.45, 2.75) is 43.9 Å². The van der Waals surface area contributed by atoms with Crippen molar-refractivity contribution in [2.24, 2.45) is 11.7 Å². The van der Waals surface area contributed by atoms with Gasteiger partial charge < -0.3 is 11.1 Å². The molecule has 2 rings (SSSR count). The third-order valence-electron chi connectivity index (χ3n) is 4.56. The average molecular weight is 404 g/mol. The first-order valence-corrected chi connectivity index (χ1v) is 10.2. The van der Waals surface area contributed by atoms with E-state index in [1.807, 2.05) is 12.1 Å². The van der Waals surface area contributed by atoms with Crippen LogP contribution in [0.1, 0.15) is 39.2 Å². The molecular weight excluding hydrogens is 374 g/mol. The van der Waals surface area contributed by atoms with Crippen LogP contribution in [0.3, 0.4) is 0 Å². The number of carbonyl (C=O) groups excluding carboxylic acids is 1. The van der Waals surface area contributed by atoms with E-state index in [0.717, 1.165) is 5.56 Å². The van der Waals surface area contributed by atoms with Crippen LogP contribution >= 0.6 is 12.4 Å². The number of sulfonamides is 1. The summed E-state index contributed by atoms with van der Waals surface area (Å²) in [6.45, 7) is 7.73. The fraction of sp³-hybridized carbons (Fsp3) is 0.611. The highest BCUT2D eigenvalue weighted by atomic mass is 35.5. The maximum Gasteiger partial charge on any atom is 0.243 e. The van der Waals surface area contributed by atoms with Gasteiger partial charge in [0.2, 0.25) is 15.9 Å². The van der Waals surface area contributed by atoms with E-state index < -0.39 is 10.0 Å². The van der Waals surface area contributed by atoms with E-state index in [1.54, 1.807) is 12.1 Å². The molecule has 1 aliphatic rings. The topological polar surface area (TPSA) is 92.5 Å². The Labute approximate surface area is 163 Å². The quantitative estimate of drug-likeness (QED) is 0.785. The van der Waals surface area contributed by atoms with Gasteiger partial charge in [-0.3, -0.25) is 4.79 Å². The van der Waals surface area contributed by atoms with E-state index in [0.29, 0.717) is 32.5 Å². The molecule has 0 saturated carbocycles. The lowest BCUT2D eigenvalue weighted by molar-refractivity contribution is -0.126. The van der Waals surface area contributed by atoms with Crippen LogP contribution in [0.25, 0.3) is 0 Å². The number of carbonyl (C=O) groups is 1.